The number of benzene rings is 2. The molecule has 0 heterocycles. The van der Waals surface area contributed by atoms with Crippen molar-refractivity contribution in [3.63, 3.8) is 0 Å². The van der Waals surface area contributed by atoms with Gasteiger partial charge in [-0.3, -0.25) is 10.1 Å². The number of halogens is 2. The van der Waals surface area contributed by atoms with E-state index in [9.17, 15) is 10.1 Å². The number of nitrogens with one attached hydrogen (secondary N) is 1. The molecule has 4 nitrogen and oxygen atoms in total. The van der Waals surface area contributed by atoms with Crippen LogP contribution in [0.15, 0.2) is 45.3 Å². The van der Waals surface area contributed by atoms with Crippen molar-refractivity contribution in [2.45, 2.75) is 19.9 Å². The molecule has 21 heavy (non-hydrogen) atoms. The van der Waals surface area contributed by atoms with Gasteiger partial charge in [0.15, 0.2) is 0 Å². The molecule has 0 aliphatic carbocycles. The van der Waals surface area contributed by atoms with Crippen LogP contribution in [0.4, 0.5) is 11.4 Å². The van der Waals surface area contributed by atoms with Crippen molar-refractivity contribution in [3.05, 3.63) is 66.6 Å². The normalized spacial score (nSPS) is 12.0. The van der Waals surface area contributed by atoms with Crippen LogP contribution in [0.2, 0.25) is 0 Å². The Hall–Kier alpha value is -1.40. The summed E-state index contributed by atoms with van der Waals surface area (Å²) in [7, 11) is 0. The van der Waals surface area contributed by atoms with Crippen LogP contribution in [0.5, 0.6) is 0 Å². The molecule has 0 bridgehead atoms. The van der Waals surface area contributed by atoms with Gasteiger partial charge in [-0.1, -0.05) is 28.1 Å². The van der Waals surface area contributed by atoms with Gasteiger partial charge in [0.25, 0.3) is 5.69 Å². The highest BCUT2D eigenvalue weighted by molar-refractivity contribution is 9.11. The van der Waals surface area contributed by atoms with Crippen LogP contribution in [0.3, 0.4) is 0 Å². The van der Waals surface area contributed by atoms with Gasteiger partial charge in [-0.05, 0) is 53.5 Å². The Morgan fingerprint density at radius 3 is 2.57 bits per heavy atom. The van der Waals surface area contributed by atoms with E-state index in [1.807, 2.05) is 31.2 Å². The number of nitro benzene ring substituents is 1. The van der Waals surface area contributed by atoms with E-state index < -0.39 is 0 Å². The van der Waals surface area contributed by atoms with Crippen molar-refractivity contribution in [2.24, 2.45) is 0 Å². The molecule has 2 aromatic carbocycles. The van der Waals surface area contributed by atoms with Crippen molar-refractivity contribution in [1.29, 1.82) is 0 Å². The van der Waals surface area contributed by atoms with E-state index in [0.717, 1.165) is 20.2 Å². The van der Waals surface area contributed by atoms with Crippen LogP contribution in [-0.2, 0) is 0 Å². The average Bonchev–Trinajstić information content (AvgIpc) is 2.43. The molecule has 0 fully saturated rings. The number of aryl methyl sites for hydroxylation is 1. The molecule has 0 saturated heterocycles. The maximum atomic E-state index is 11.0. The first-order valence-corrected chi connectivity index (χ1v) is 7.93. The van der Waals surface area contributed by atoms with Gasteiger partial charge in [0.05, 0.1) is 10.6 Å². The Bertz CT molecular complexity index is 689. The lowest BCUT2D eigenvalue weighted by molar-refractivity contribution is -0.385. The molecule has 1 N–H and O–H groups in total. The van der Waals surface area contributed by atoms with Gasteiger partial charge in [0.2, 0.25) is 0 Å². The Kier molecular flexibility index (Phi) is 5.00. The minimum atomic E-state index is -0.347. The molecular formula is C15H14Br2N2O2. The zero-order valence-corrected chi connectivity index (χ0v) is 14.7. The number of nitrogens with zero attached hydrogens (tertiary/aromatic N) is 1. The summed E-state index contributed by atoms with van der Waals surface area (Å²) < 4.78 is 1.91. The van der Waals surface area contributed by atoms with Crippen LogP contribution in [0.25, 0.3) is 0 Å². The van der Waals surface area contributed by atoms with E-state index in [-0.39, 0.29) is 16.7 Å². The highest BCUT2D eigenvalue weighted by atomic mass is 79.9. The zero-order chi connectivity index (χ0) is 15.6. The minimum Gasteiger partial charge on any atom is -0.378 e. The largest absolute Gasteiger partial charge is 0.378 e. The number of anilines is 1. The zero-order valence-electron chi connectivity index (χ0n) is 11.6. The number of rotatable bonds is 4. The van der Waals surface area contributed by atoms with E-state index in [4.69, 9.17) is 0 Å². The fourth-order valence-electron chi connectivity index (χ4n) is 2.02. The molecule has 0 spiro atoms. The first-order chi connectivity index (χ1) is 9.88. The molecule has 110 valence electrons. The Labute approximate surface area is 140 Å². The summed E-state index contributed by atoms with van der Waals surface area (Å²) in [6.45, 7) is 3.71. The number of hydrogen-bond acceptors (Lipinski definition) is 3. The molecule has 0 radical (unpaired) electrons. The van der Waals surface area contributed by atoms with E-state index in [0.29, 0.717) is 5.56 Å². The highest BCUT2D eigenvalue weighted by Crippen LogP contribution is 2.31. The quantitative estimate of drug-likeness (QED) is 0.524. The summed E-state index contributed by atoms with van der Waals surface area (Å²) in [4.78, 5) is 10.7. The maximum Gasteiger partial charge on any atom is 0.272 e. The smallest absolute Gasteiger partial charge is 0.272 e. The molecule has 0 amide bonds. The van der Waals surface area contributed by atoms with Crippen molar-refractivity contribution in [2.75, 3.05) is 5.32 Å². The predicted octanol–water partition coefficient (Wildman–Crippen LogP) is 5.60. The van der Waals surface area contributed by atoms with Gasteiger partial charge >= 0.3 is 0 Å². The van der Waals surface area contributed by atoms with Crippen molar-refractivity contribution in [3.8, 4) is 0 Å². The SMILES string of the molecule is Cc1ccc(C(C)Nc2cc(Br)ccc2Br)cc1[N+](=O)[O-]. The molecule has 0 aliphatic heterocycles. The fourth-order valence-corrected chi connectivity index (χ4v) is 2.74. The summed E-state index contributed by atoms with van der Waals surface area (Å²) in [5.74, 6) is 0. The molecular weight excluding hydrogens is 400 g/mol. The third-order valence-corrected chi connectivity index (χ3v) is 4.42. The third-order valence-electron chi connectivity index (χ3n) is 3.23. The molecule has 1 atom stereocenters. The van der Waals surface area contributed by atoms with Gasteiger partial charge < -0.3 is 5.32 Å². The standard InChI is InChI=1S/C15H14Br2N2O2/c1-9-3-4-11(7-15(9)19(20)21)10(2)18-14-8-12(16)5-6-13(14)17/h3-8,10,18H,1-2H3. The Balaban J connectivity index is 2.28. The maximum absolute atomic E-state index is 11.0. The molecule has 0 aliphatic rings. The van der Waals surface area contributed by atoms with Crippen molar-refractivity contribution >= 4 is 43.2 Å². The molecule has 6 heteroatoms. The lowest BCUT2D eigenvalue weighted by Gasteiger charge is -2.17. The van der Waals surface area contributed by atoms with Gasteiger partial charge in [-0.25, -0.2) is 0 Å². The van der Waals surface area contributed by atoms with Crippen LogP contribution < -0.4 is 5.32 Å². The van der Waals surface area contributed by atoms with E-state index >= 15 is 0 Å². The molecule has 2 rings (SSSR count). The monoisotopic (exact) mass is 412 g/mol. The lowest BCUT2D eigenvalue weighted by Crippen LogP contribution is -2.08. The third kappa shape index (κ3) is 3.83. The van der Waals surface area contributed by atoms with Crippen LogP contribution >= 0.6 is 31.9 Å². The summed E-state index contributed by atoms with van der Waals surface area (Å²) >= 11 is 6.92. The van der Waals surface area contributed by atoms with E-state index in [2.05, 4.69) is 37.2 Å². The van der Waals surface area contributed by atoms with Gasteiger partial charge in [0, 0.05) is 26.6 Å². The summed E-state index contributed by atoms with van der Waals surface area (Å²) in [6.07, 6.45) is 0. The van der Waals surface area contributed by atoms with Gasteiger partial charge in [-0.2, -0.15) is 0 Å². The van der Waals surface area contributed by atoms with Crippen molar-refractivity contribution in [1.82, 2.24) is 0 Å². The topological polar surface area (TPSA) is 55.2 Å². The van der Waals surface area contributed by atoms with Crippen LogP contribution in [0, 0.1) is 17.0 Å². The van der Waals surface area contributed by atoms with E-state index in [1.54, 1.807) is 19.1 Å². The first-order valence-electron chi connectivity index (χ1n) is 6.35. The highest BCUT2D eigenvalue weighted by Gasteiger charge is 2.15. The lowest BCUT2D eigenvalue weighted by atomic mass is 10.0. The van der Waals surface area contributed by atoms with E-state index in [1.165, 1.54) is 0 Å². The van der Waals surface area contributed by atoms with Crippen LogP contribution in [-0.4, -0.2) is 4.92 Å². The number of hydrogen-bond donors (Lipinski definition) is 1. The summed E-state index contributed by atoms with van der Waals surface area (Å²) in [5.41, 5.74) is 2.62. The molecule has 2 aromatic rings. The molecule has 0 aromatic heterocycles. The minimum absolute atomic E-state index is 0.0464. The Morgan fingerprint density at radius 1 is 1.19 bits per heavy atom. The second-order valence-corrected chi connectivity index (χ2v) is 6.56. The summed E-state index contributed by atoms with van der Waals surface area (Å²) in [6, 6.07) is 11.1. The first kappa shape index (κ1) is 16.0. The molecule has 1 unspecified atom stereocenters. The average molecular weight is 414 g/mol. The summed E-state index contributed by atoms with van der Waals surface area (Å²) in [5, 5.41) is 14.4. The Morgan fingerprint density at radius 2 is 1.90 bits per heavy atom. The second-order valence-electron chi connectivity index (χ2n) is 4.79. The fraction of sp³-hybridized carbons (Fsp3) is 0.200. The predicted molar refractivity (Wildman–Crippen MR) is 91.7 cm³/mol. The molecule has 0 saturated carbocycles. The van der Waals surface area contributed by atoms with Crippen molar-refractivity contribution < 1.29 is 4.92 Å². The van der Waals surface area contributed by atoms with Crippen LogP contribution in [0.1, 0.15) is 24.1 Å². The van der Waals surface area contributed by atoms with Gasteiger partial charge in [-0.15, -0.1) is 0 Å². The second kappa shape index (κ2) is 6.58. The van der Waals surface area contributed by atoms with Gasteiger partial charge in [0.1, 0.15) is 0 Å². The number of nitro groups is 1.